The zero-order valence-electron chi connectivity index (χ0n) is 13.4. The van der Waals surface area contributed by atoms with Gasteiger partial charge in [0.15, 0.2) is 5.52 Å². The Balaban J connectivity index is 1.79. The van der Waals surface area contributed by atoms with Crippen molar-refractivity contribution in [2.45, 2.75) is 6.54 Å². The first-order chi connectivity index (χ1) is 12.4. The van der Waals surface area contributed by atoms with Gasteiger partial charge in [0.25, 0.3) is 0 Å². The van der Waals surface area contributed by atoms with Crippen molar-refractivity contribution in [3.63, 3.8) is 0 Å². The third-order valence-corrected chi connectivity index (χ3v) is 4.97. The Hall–Kier alpha value is -3.47. The number of hydrogen-bond donors (Lipinski definition) is 0. The summed E-state index contributed by atoms with van der Waals surface area (Å²) in [5.74, 6) is 1.13. The second kappa shape index (κ2) is 4.54. The van der Waals surface area contributed by atoms with Crippen molar-refractivity contribution in [1.82, 2.24) is 19.1 Å². The fourth-order valence-corrected chi connectivity index (χ4v) is 3.90. The minimum Gasteiger partial charge on any atom is -0.261 e. The van der Waals surface area contributed by atoms with Gasteiger partial charge < -0.3 is 0 Å². The summed E-state index contributed by atoms with van der Waals surface area (Å²) < 4.78 is 6.87. The fourth-order valence-electron chi connectivity index (χ4n) is 3.90. The second-order valence-electron chi connectivity index (χ2n) is 6.30. The molecule has 4 aromatic heterocycles. The van der Waals surface area contributed by atoms with Gasteiger partial charge in [0.05, 0.1) is 11.9 Å². The van der Waals surface area contributed by atoms with E-state index in [0.717, 1.165) is 34.7 Å². The van der Waals surface area contributed by atoms with E-state index in [9.17, 15) is 0 Å². The molecular formula is C20H14N5+. The topological polar surface area (TPSA) is 39.7 Å². The zero-order valence-corrected chi connectivity index (χ0v) is 13.4. The van der Waals surface area contributed by atoms with Crippen LogP contribution in [0.3, 0.4) is 0 Å². The molecule has 0 bridgehead atoms. The van der Waals surface area contributed by atoms with Gasteiger partial charge in [-0.25, -0.2) is 4.57 Å². The molecule has 5 heterocycles. The molecule has 0 N–H and O–H groups in total. The number of rotatable bonds is 1. The first kappa shape index (κ1) is 12.9. The van der Waals surface area contributed by atoms with E-state index in [4.69, 9.17) is 0 Å². The normalized spacial score (nSPS) is 12.6. The van der Waals surface area contributed by atoms with Crippen molar-refractivity contribution >= 4 is 16.8 Å². The number of pyridine rings is 2. The fraction of sp³-hybridized carbons (Fsp3) is 0.0500. The molecule has 5 heteroatoms. The molecule has 0 radical (unpaired) electrons. The average molecular weight is 324 g/mol. The molecule has 25 heavy (non-hydrogen) atoms. The van der Waals surface area contributed by atoms with Crippen molar-refractivity contribution in [1.29, 1.82) is 0 Å². The summed E-state index contributed by atoms with van der Waals surface area (Å²) in [6.07, 6.45) is 7.85. The first-order valence-electron chi connectivity index (χ1n) is 8.31. The van der Waals surface area contributed by atoms with Gasteiger partial charge in [-0.3, -0.25) is 9.97 Å². The predicted octanol–water partition coefficient (Wildman–Crippen LogP) is 2.99. The maximum absolute atomic E-state index is 4.56. The highest BCUT2D eigenvalue weighted by atomic mass is 15.3. The van der Waals surface area contributed by atoms with Crippen LogP contribution in [0.4, 0.5) is 0 Å². The molecular weight excluding hydrogens is 310 g/mol. The van der Waals surface area contributed by atoms with Crippen molar-refractivity contribution in [3.05, 3.63) is 79.0 Å². The Bertz CT molecular complexity index is 1260. The van der Waals surface area contributed by atoms with E-state index < -0.39 is 0 Å². The number of benzene rings is 1. The quantitative estimate of drug-likeness (QED) is 0.436. The number of para-hydroxylation sites is 1. The lowest BCUT2D eigenvalue weighted by Gasteiger charge is -2.00. The molecule has 5 aromatic rings. The van der Waals surface area contributed by atoms with Crippen LogP contribution in [0.25, 0.3) is 33.8 Å². The molecule has 6 rings (SSSR count). The molecule has 1 aliphatic heterocycles. The average Bonchev–Trinajstić information content (AvgIpc) is 3.30. The van der Waals surface area contributed by atoms with Gasteiger partial charge >= 0.3 is 5.78 Å². The van der Waals surface area contributed by atoms with Crippen molar-refractivity contribution < 1.29 is 4.40 Å². The molecule has 0 unspecified atom stereocenters. The van der Waals surface area contributed by atoms with E-state index in [0.29, 0.717) is 0 Å². The second-order valence-corrected chi connectivity index (χ2v) is 6.30. The van der Waals surface area contributed by atoms with Crippen LogP contribution >= 0.6 is 0 Å². The first-order valence-corrected chi connectivity index (χ1v) is 8.31. The van der Waals surface area contributed by atoms with Crippen LogP contribution in [0, 0.1) is 0 Å². The van der Waals surface area contributed by atoms with Crippen LogP contribution in [0.2, 0.25) is 0 Å². The number of aromatic nitrogens is 5. The number of fused-ring (bicyclic) bond motifs is 7. The Labute approximate surface area is 143 Å². The lowest BCUT2D eigenvalue weighted by molar-refractivity contribution is -0.480. The Morgan fingerprint density at radius 2 is 1.88 bits per heavy atom. The van der Waals surface area contributed by atoms with E-state index in [-0.39, 0.29) is 0 Å². The monoisotopic (exact) mass is 324 g/mol. The van der Waals surface area contributed by atoms with Gasteiger partial charge in [0, 0.05) is 18.0 Å². The van der Waals surface area contributed by atoms with Gasteiger partial charge in [0.1, 0.15) is 29.6 Å². The van der Waals surface area contributed by atoms with Crippen LogP contribution in [-0.4, -0.2) is 19.1 Å². The molecule has 0 spiro atoms. The summed E-state index contributed by atoms with van der Waals surface area (Å²) in [6.45, 7) is 0.790. The Kier molecular flexibility index (Phi) is 2.34. The third-order valence-electron chi connectivity index (χ3n) is 4.97. The molecule has 0 saturated heterocycles. The van der Waals surface area contributed by atoms with Crippen LogP contribution < -0.4 is 4.40 Å². The number of hydrogen-bond acceptors (Lipinski definition) is 2. The highest BCUT2D eigenvalue weighted by molar-refractivity contribution is 5.79. The van der Waals surface area contributed by atoms with Crippen molar-refractivity contribution in [3.8, 4) is 16.9 Å². The molecule has 0 amide bonds. The van der Waals surface area contributed by atoms with Crippen LogP contribution in [0.15, 0.2) is 73.3 Å². The molecule has 5 nitrogen and oxygen atoms in total. The van der Waals surface area contributed by atoms with Gasteiger partial charge in [-0.05, 0) is 30.3 Å². The summed E-state index contributed by atoms with van der Waals surface area (Å²) >= 11 is 0. The third kappa shape index (κ3) is 1.59. The van der Waals surface area contributed by atoms with Crippen LogP contribution in [0.5, 0.6) is 0 Å². The Morgan fingerprint density at radius 3 is 2.80 bits per heavy atom. The van der Waals surface area contributed by atoms with Gasteiger partial charge in [-0.15, -0.1) is 0 Å². The van der Waals surface area contributed by atoms with Crippen molar-refractivity contribution in [2.75, 3.05) is 0 Å². The van der Waals surface area contributed by atoms with Crippen LogP contribution in [-0.2, 0) is 6.54 Å². The molecule has 1 aliphatic rings. The summed E-state index contributed by atoms with van der Waals surface area (Å²) in [6, 6.07) is 16.7. The number of imidazole rings is 2. The number of nitrogens with zero attached hydrogens (tertiary/aromatic N) is 5. The largest absolute Gasteiger partial charge is 0.376 e. The van der Waals surface area contributed by atoms with E-state index in [2.05, 4.69) is 66.1 Å². The van der Waals surface area contributed by atoms with Crippen LogP contribution in [0.1, 0.15) is 5.69 Å². The SMILES string of the molecule is c1ccc(-n2c3ccncc3[n+]3cc4n(c23)Cc2ncccc2-4)cc1. The summed E-state index contributed by atoms with van der Waals surface area (Å²) in [5, 5.41) is 0. The highest BCUT2D eigenvalue weighted by Gasteiger charge is 2.33. The van der Waals surface area contributed by atoms with E-state index in [1.54, 1.807) is 0 Å². The minimum absolute atomic E-state index is 0.790. The summed E-state index contributed by atoms with van der Waals surface area (Å²) in [7, 11) is 0. The molecule has 0 fully saturated rings. The lowest BCUT2D eigenvalue weighted by Crippen LogP contribution is -2.19. The maximum atomic E-state index is 4.56. The molecule has 118 valence electrons. The predicted molar refractivity (Wildman–Crippen MR) is 94.6 cm³/mol. The summed E-state index contributed by atoms with van der Waals surface area (Å²) in [4.78, 5) is 8.90. The van der Waals surface area contributed by atoms with E-state index in [1.165, 1.54) is 11.3 Å². The minimum atomic E-state index is 0.790. The van der Waals surface area contributed by atoms with E-state index in [1.807, 2.05) is 30.7 Å². The smallest absolute Gasteiger partial charge is 0.261 e. The van der Waals surface area contributed by atoms with Gasteiger partial charge in [0.2, 0.25) is 0 Å². The Morgan fingerprint density at radius 1 is 0.960 bits per heavy atom. The van der Waals surface area contributed by atoms with Gasteiger partial charge in [-0.1, -0.05) is 18.2 Å². The summed E-state index contributed by atoms with van der Waals surface area (Å²) in [5.41, 5.74) is 6.94. The van der Waals surface area contributed by atoms with Gasteiger partial charge in [-0.2, -0.15) is 8.97 Å². The van der Waals surface area contributed by atoms with Crippen molar-refractivity contribution in [2.24, 2.45) is 0 Å². The molecule has 0 saturated carbocycles. The maximum Gasteiger partial charge on any atom is 0.376 e. The molecule has 1 aromatic carbocycles. The molecule has 0 atom stereocenters. The highest BCUT2D eigenvalue weighted by Crippen LogP contribution is 2.33. The standard InChI is InChI=1S/C20H14N5/c1-2-5-14(6-3-1)25-17-8-10-21-11-18(17)24-13-19-15-7-4-9-22-16(15)12-23(19)20(24)25/h1-11,13H,12H2/q+1. The zero-order chi connectivity index (χ0) is 16.4. The van der Waals surface area contributed by atoms with E-state index >= 15 is 0 Å². The molecule has 0 aliphatic carbocycles. The lowest BCUT2D eigenvalue weighted by atomic mass is 10.2.